The van der Waals surface area contributed by atoms with E-state index in [9.17, 15) is 9.90 Å². The number of rotatable bonds is 6. The lowest BCUT2D eigenvalue weighted by atomic mass is 9.91. The maximum absolute atomic E-state index is 12.1. The molecule has 29 heavy (non-hydrogen) atoms. The van der Waals surface area contributed by atoms with Crippen LogP contribution >= 0.6 is 11.3 Å². The van der Waals surface area contributed by atoms with Crippen LogP contribution in [0.4, 0.5) is 5.95 Å². The fourth-order valence-electron chi connectivity index (χ4n) is 3.39. The predicted molar refractivity (Wildman–Crippen MR) is 110 cm³/mol. The van der Waals surface area contributed by atoms with Crippen LogP contribution in [-0.4, -0.2) is 62.5 Å². The van der Waals surface area contributed by atoms with Crippen molar-refractivity contribution in [3.05, 3.63) is 46.0 Å². The highest BCUT2D eigenvalue weighted by Gasteiger charge is 2.34. The summed E-state index contributed by atoms with van der Waals surface area (Å²) in [4.78, 5) is 25.7. The molecule has 1 saturated heterocycles. The molecule has 4 heterocycles. The van der Waals surface area contributed by atoms with E-state index in [0.29, 0.717) is 24.7 Å². The van der Waals surface area contributed by atoms with E-state index in [1.54, 1.807) is 0 Å². The first-order valence-corrected chi connectivity index (χ1v) is 10.3. The highest BCUT2D eigenvalue weighted by atomic mass is 32.1. The number of hydrogen-bond donors (Lipinski definition) is 1. The summed E-state index contributed by atoms with van der Waals surface area (Å²) < 4.78 is 6.47. The molecular formula is C19H24N6O3S. The molecule has 0 spiro atoms. The zero-order valence-corrected chi connectivity index (χ0v) is 17.3. The Morgan fingerprint density at radius 3 is 2.62 bits per heavy atom. The quantitative estimate of drug-likeness (QED) is 0.644. The van der Waals surface area contributed by atoms with Gasteiger partial charge in [-0.1, -0.05) is 6.07 Å². The number of aromatic nitrogens is 4. The summed E-state index contributed by atoms with van der Waals surface area (Å²) in [6, 6.07) is 3.73. The third-order valence-corrected chi connectivity index (χ3v) is 5.92. The summed E-state index contributed by atoms with van der Waals surface area (Å²) in [6.07, 6.45) is 4.78. The van der Waals surface area contributed by atoms with E-state index >= 15 is 0 Å². The minimum Gasteiger partial charge on any atom is -0.388 e. The van der Waals surface area contributed by atoms with Crippen LogP contribution in [0.2, 0.25) is 0 Å². The van der Waals surface area contributed by atoms with Crippen molar-refractivity contribution in [2.45, 2.75) is 31.5 Å². The average Bonchev–Trinajstić information content (AvgIpc) is 3.35. The second-order valence-electron chi connectivity index (χ2n) is 7.59. The van der Waals surface area contributed by atoms with E-state index in [1.807, 2.05) is 48.9 Å². The van der Waals surface area contributed by atoms with Crippen molar-refractivity contribution in [2.24, 2.45) is 0 Å². The van der Waals surface area contributed by atoms with Gasteiger partial charge in [0, 0.05) is 51.7 Å². The monoisotopic (exact) mass is 416 g/mol. The van der Waals surface area contributed by atoms with Gasteiger partial charge in [0.25, 0.3) is 5.89 Å². The molecule has 0 radical (unpaired) electrons. The molecular weight excluding hydrogens is 392 g/mol. The Hall–Kier alpha value is -2.56. The second kappa shape index (κ2) is 8.05. The Balaban J connectivity index is 1.35. The minimum atomic E-state index is -0.977. The molecule has 3 aromatic heterocycles. The molecule has 0 amide bonds. The fraction of sp³-hybridized carbons (Fsp3) is 0.474. The molecule has 10 heteroatoms. The molecule has 0 saturated carbocycles. The zero-order chi connectivity index (χ0) is 20.4. The number of piperidine rings is 1. The van der Waals surface area contributed by atoms with Crippen molar-refractivity contribution in [1.82, 2.24) is 24.6 Å². The van der Waals surface area contributed by atoms with Crippen molar-refractivity contribution < 1.29 is 9.52 Å². The molecule has 1 aliphatic heterocycles. The zero-order valence-electron chi connectivity index (χ0n) is 16.5. The van der Waals surface area contributed by atoms with Gasteiger partial charge in [-0.25, -0.2) is 14.8 Å². The lowest BCUT2D eigenvalue weighted by Crippen LogP contribution is -2.47. The van der Waals surface area contributed by atoms with Crippen LogP contribution < -0.4 is 10.7 Å². The summed E-state index contributed by atoms with van der Waals surface area (Å²) in [6.45, 7) is 2.30. The van der Waals surface area contributed by atoms with Gasteiger partial charge in [0.1, 0.15) is 0 Å². The summed E-state index contributed by atoms with van der Waals surface area (Å²) in [7, 11) is 3.81. The summed E-state index contributed by atoms with van der Waals surface area (Å²) >= 11 is 1.46. The second-order valence-corrected chi connectivity index (χ2v) is 8.54. The molecule has 0 aliphatic carbocycles. The summed E-state index contributed by atoms with van der Waals surface area (Å²) in [5, 5.41) is 17.1. The number of aliphatic hydroxyl groups is 1. The van der Waals surface area contributed by atoms with Gasteiger partial charge < -0.3 is 14.4 Å². The molecule has 154 valence electrons. The Labute approximate surface area is 172 Å². The minimum absolute atomic E-state index is 0.134. The number of thiophene rings is 1. The topological polar surface area (TPSA) is 101 Å². The number of nitrogens with zero attached hydrogens (tertiary/aromatic N) is 6. The largest absolute Gasteiger partial charge is 0.437 e. The first-order valence-electron chi connectivity index (χ1n) is 9.47. The first kappa shape index (κ1) is 19.7. The summed E-state index contributed by atoms with van der Waals surface area (Å²) in [5.41, 5.74) is 0.0595. The van der Waals surface area contributed by atoms with Crippen LogP contribution in [0.5, 0.6) is 0 Å². The average molecular weight is 417 g/mol. The van der Waals surface area contributed by atoms with Crippen LogP contribution in [0.15, 0.2) is 39.1 Å². The van der Waals surface area contributed by atoms with Crippen molar-refractivity contribution in [3.63, 3.8) is 0 Å². The molecule has 1 N–H and O–H groups in total. The van der Waals surface area contributed by atoms with E-state index in [1.165, 1.54) is 16.0 Å². The highest BCUT2D eigenvalue weighted by molar-refractivity contribution is 7.13. The fourth-order valence-corrected chi connectivity index (χ4v) is 4.03. The number of anilines is 1. The van der Waals surface area contributed by atoms with Gasteiger partial charge >= 0.3 is 5.76 Å². The van der Waals surface area contributed by atoms with Crippen LogP contribution in [0.3, 0.4) is 0 Å². The molecule has 0 aromatic carbocycles. The van der Waals surface area contributed by atoms with Crippen molar-refractivity contribution in [1.29, 1.82) is 0 Å². The van der Waals surface area contributed by atoms with E-state index in [4.69, 9.17) is 4.42 Å². The van der Waals surface area contributed by atoms with Gasteiger partial charge in [-0.2, -0.15) is 4.68 Å². The standard InChI is InChI=1S/C19H24N6O3S/c1-23(2)17-20-10-14(11-21-17)12-24-7-5-19(27,6-8-24)13-25-18(26)28-16(22-25)15-4-3-9-29-15/h3-4,9-11,27H,5-8,12-13H2,1-2H3. The maximum atomic E-state index is 12.1. The molecule has 9 nitrogen and oxygen atoms in total. The molecule has 3 aromatic rings. The third-order valence-electron chi connectivity index (χ3n) is 5.07. The van der Waals surface area contributed by atoms with E-state index in [2.05, 4.69) is 20.0 Å². The molecule has 1 fully saturated rings. The Kier molecular flexibility index (Phi) is 5.48. The van der Waals surface area contributed by atoms with Crippen LogP contribution in [0.1, 0.15) is 18.4 Å². The Bertz CT molecular complexity index is 988. The van der Waals surface area contributed by atoms with Crippen molar-refractivity contribution in [3.8, 4) is 10.8 Å². The van der Waals surface area contributed by atoms with Crippen LogP contribution in [0.25, 0.3) is 10.8 Å². The smallest absolute Gasteiger partial charge is 0.388 e. The van der Waals surface area contributed by atoms with Crippen molar-refractivity contribution in [2.75, 3.05) is 32.1 Å². The Morgan fingerprint density at radius 2 is 2.00 bits per heavy atom. The highest BCUT2D eigenvalue weighted by Crippen LogP contribution is 2.26. The van der Waals surface area contributed by atoms with Gasteiger partial charge in [0.15, 0.2) is 0 Å². The van der Waals surface area contributed by atoms with Crippen molar-refractivity contribution >= 4 is 17.3 Å². The molecule has 0 bridgehead atoms. The van der Waals surface area contributed by atoms with Gasteiger partial charge in [-0.15, -0.1) is 16.4 Å². The number of hydrogen-bond acceptors (Lipinski definition) is 9. The lowest BCUT2D eigenvalue weighted by molar-refractivity contribution is -0.0392. The van der Waals surface area contributed by atoms with Gasteiger partial charge in [0.05, 0.1) is 17.0 Å². The molecule has 0 atom stereocenters. The number of likely N-dealkylation sites (tertiary alicyclic amines) is 1. The van der Waals surface area contributed by atoms with E-state index in [0.717, 1.165) is 30.1 Å². The normalized spacial score (nSPS) is 16.8. The molecule has 4 rings (SSSR count). The van der Waals surface area contributed by atoms with E-state index in [-0.39, 0.29) is 6.54 Å². The SMILES string of the molecule is CN(C)c1ncc(CN2CCC(O)(Cn3nc(-c4cccs4)oc3=O)CC2)cn1. The Morgan fingerprint density at radius 1 is 1.28 bits per heavy atom. The molecule has 0 unspecified atom stereocenters. The predicted octanol–water partition coefficient (Wildman–Crippen LogP) is 1.45. The van der Waals surface area contributed by atoms with Gasteiger partial charge in [0.2, 0.25) is 5.95 Å². The van der Waals surface area contributed by atoms with Crippen LogP contribution in [-0.2, 0) is 13.1 Å². The first-order chi connectivity index (χ1) is 13.9. The third kappa shape index (κ3) is 4.55. The van der Waals surface area contributed by atoms with Crippen LogP contribution in [0, 0.1) is 0 Å². The summed E-state index contributed by atoms with van der Waals surface area (Å²) in [5.74, 6) is 0.441. The molecule has 1 aliphatic rings. The van der Waals surface area contributed by atoms with Gasteiger partial charge in [-0.3, -0.25) is 4.90 Å². The lowest BCUT2D eigenvalue weighted by Gasteiger charge is -2.37. The maximum Gasteiger partial charge on any atom is 0.437 e. The van der Waals surface area contributed by atoms with Gasteiger partial charge in [-0.05, 0) is 24.3 Å². The van der Waals surface area contributed by atoms with E-state index < -0.39 is 11.4 Å².